The topological polar surface area (TPSA) is 46.3 Å². The predicted octanol–water partition coefficient (Wildman–Crippen LogP) is 5.69. The lowest BCUT2D eigenvalue weighted by atomic mass is 10.1. The third kappa shape index (κ3) is 4.43. The fourth-order valence-corrected chi connectivity index (χ4v) is 4.07. The highest BCUT2D eigenvalue weighted by Gasteiger charge is 2.25. The number of amides is 1. The van der Waals surface area contributed by atoms with Gasteiger partial charge in [-0.05, 0) is 42.3 Å². The van der Waals surface area contributed by atoms with E-state index >= 15 is 0 Å². The van der Waals surface area contributed by atoms with Crippen LogP contribution in [-0.2, 0) is 13.1 Å². The number of hydrogen-bond acceptors (Lipinski definition) is 4. The van der Waals surface area contributed by atoms with Crippen LogP contribution >= 0.6 is 11.3 Å². The van der Waals surface area contributed by atoms with Crippen LogP contribution in [0.2, 0.25) is 0 Å². The molecular formula is C23H19FN2O2S. The second kappa shape index (κ2) is 8.41. The van der Waals surface area contributed by atoms with Gasteiger partial charge in [-0.25, -0.2) is 9.37 Å². The molecule has 4 aromatic rings. The van der Waals surface area contributed by atoms with E-state index in [1.807, 2.05) is 43.3 Å². The standard InChI is InChI=1S/C23H19FN2O2S/c1-16-25-21(22(29-16)18-8-3-2-4-9-18)23(27)26(15-20-11-6-12-28-20)14-17-7-5-10-19(24)13-17/h2-13H,14-15H2,1H3. The molecule has 0 saturated carbocycles. The zero-order valence-electron chi connectivity index (χ0n) is 15.8. The van der Waals surface area contributed by atoms with Gasteiger partial charge in [0.1, 0.15) is 17.3 Å². The molecule has 29 heavy (non-hydrogen) atoms. The van der Waals surface area contributed by atoms with E-state index in [1.54, 1.807) is 29.4 Å². The van der Waals surface area contributed by atoms with Crippen molar-refractivity contribution in [1.29, 1.82) is 0 Å². The number of furan rings is 1. The van der Waals surface area contributed by atoms with Gasteiger partial charge >= 0.3 is 0 Å². The number of benzene rings is 2. The van der Waals surface area contributed by atoms with Crippen LogP contribution in [0.25, 0.3) is 10.4 Å². The highest BCUT2D eigenvalue weighted by atomic mass is 32.1. The van der Waals surface area contributed by atoms with Gasteiger partial charge < -0.3 is 9.32 Å². The number of thiazole rings is 1. The lowest BCUT2D eigenvalue weighted by Gasteiger charge is -2.21. The highest BCUT2D eigenvalue weighted by Crippen LogP contribution is 2.31. The van der Waals surface area contributed by atoms with Gasteiger partial charge in [-0.2, -0.15) is 0 Å². The van der Waals surface area contributed by atoms with Crippen molar-refractivity contribution in [3.63, 3.8) is 0 Å². The number of hydrogen-bond donors (Lipinski definition) is 0. The Morgan fingerprint density at radius 3 is 2.62 bits per heavy atom. The van der Waals surface area contributed by atoms with Crippen molar-refractivity contribution in [2.75, 3.05) is 0 Å². The fourth-order valence-electron chi connectivity index (χ4n) is 3.15. The van der Waals surface area contributed by atoms with Gasteiger partial charge in [0, 0.05) is 6.54 Å². The molecule has 2 aromatic heterocycles. The molecule has 0 spiro atoms. The van der Waals surface area contributed by atoms with E-state index in [4.69, 9.17) is 4.42 Å². The summed E-state index contributed by atoms with van der Waals surface area (Å²) in [4.78, 5) is 20.5. The molecule has 4 nitrogen and oxygen atoms in total. The summed E-state index contributed by atoms with van der Waals surface area (Å²) in [5.74, 6) is 0.110. The van der Waals surface area contributed by atoms with E-state index in [2.05, 4.69) is 4.98 Å². The SMILES string of the molecule is Cc1nc(C(=O)N(Cc2cccc(F)c2)Cc2ccco2)c(-c2ccccc2)s1. The molecule has 4 rings (SSSR count). The molecule has 0 aliphatic rings. The molecule has 0 saturated heterocycles. The Morgan fingerprint density at radius 2 is 1.90 bits per heavy atom. The number of halogens is 1. The Balaban J connectivity index is 1.70. The van der Waals surface area contributed by atoms with Crippen molar-refractivity contribution in [3.05, 3.63) is 101 Å². The zero-order chi connectivity index (χ0) is 20.2. The van der Waals surface area contributed by atoms with Gasteiger partial charge in [-0.1, -0.05) is 42.5 Å². The molecule has 0 bridgehead atoms. The van der Waals surface area contributed by atoms with Crippen molar-refractivity contribution >= 4 is 17.2 Å². The smallest absolute Gasteiger partial charge is 0.274 e. The van der Waals surface area contributed by atoms with Crippen molar-refractivity contribution in [1.82, 2.24) is 9.88 Å². The van der Waals surface area contributed by atoms with Gasteiger partial charge in [0.15, 0.2) is 0 Å². The summed E-state index contributed by atoms with van der Waals surface area (Å²) in [6, 6.07) is 19.6. The van der Waals surface area contributed by atoms with Crippen molar-refractivity contribution < 1.29 is 13.6 Å². The largest absolute Gasteiger partial charge is 0.467 e. The normalized spacial score (nSPS) is 10.8. The van der Waals surface area contributed by atoms with E-state index in [0.29, 0.717) is 17.0 Å². The summed E-state index contributed by atoms with van der Waals surface area (Å²) >= 11 is 1.49. The number of rotatable bonds is 6. The van der Waals surface area contributed by atoms with Crippen LogP contribution in [0.5, 0.6) is 0 Å². The van der Waals surface area contributed by atoms with Gasteiger partial charge in [0.2, 0.25) is 0 Å². The molecule has 0 unspecified atom stereocenters. The first-order valence-electron chi connectivity index (χ1n) is 9.19. The third-order valence-corrected chi connectivity index (χ3v) is 5.47. The number of aryl methyl sites for hydroxylation is 1. The first-order valence-corrected chi connectivity index (χ1v) is 10.0. The Hall–Kier alpha value is -3.25. The van der Waals surface area contributed by atoms with Crippen LogP contribution in [0, 0.1) is 12.7 Å². The molecule has 6 heteroatoms. The molecule has 1 amide bonds. The summed E-state index contributed by atoms with van der Waals surface area (Å²) in [7, 11) is 0. The Kier molecular flexibility index (Phi) is 5.53. The summed E-state index contributed by atoms with van der Waals surface area (Å²) in [6.45, 7) is 2.41. The molecular weight excluding hydrogens is 387 g/mol. The number of nitrogens with zero attached hydrogens (tertiary/aromatic N) is 2. The Labute approximate surface area is 172 Å². The molecule has 0 atom stereocenters. The average Bonchev–Trinajstić information content (AvgIpc) is 3.37. The maximum atomic E-state index is 13.7. The average molecular weight is 406 g/mol. The van der Waals surface area contributed by atoms with Crippen molar-refractivity contribution in [2.45, 2.75) is 20.0 Å². The van der Waals surface area contributed by atoms with E-state index in [9.17, 15) is 9.18 Å². The molecule has 0 fully saturated rings. The fraction of sp³-hybridized carbons (Fsp3) is 0.130. The van der Waals surface area contributed by atoms with E-state index in [-0.39, 0.29) is 24.8 Å². The number of carbonyl (C=O) groups excluding carboxylic acids is 1. The first-order chi connectivity index (χ1) is 14.1. The molecule has 2 heterocycles. The predicted molar refractivity (Wildman–Crippen MR) is 111 cm³/mol. The van der Waals surface area contributed by atoms with Gasteiger partial charge in [-0.15, -0.1) is 11.3 Å². The van der Waals surface area contributed by atoms with Crippen LogP contribution in [0.15, 0.2) is 77.4 Å². The second-order valence-corrected chi connectivity index (χ2v) is 7.85. The minimum atomic E-state index is -0.331. The highest BCUT2D eigenvalue weighted by molar-refractivity contribution is 7.15. The number of aromatic nitrogens is 1. The Morgan fingerprint density at radius 1 is 1.07 bits per heavy atom. The van der Waals surface area contributed by atoms with Gasteiger partial charge in [0.05, 0.1) is 22.7 Å². The first kappa shape index (κ1) is 19.1. The summed E-state index contributed by atoms with van der Waals surface area (Å²) < 4.78 is 19.1. The minimum absolute atomic E-state index is 0.214. The zero-order valence-corrected chi connectivity index (χ0v) is 16.7. The van der Waals surface area contributed by atoms with Crippen LogP contribution < -0.4 is 0 Å². The van der Waals surface area contributed by atoms with Gasteiger partial charge in [0.25, 0.3) is 5.91 Å². The molecule has 0 radical (unpaired) electrons. The van der Waals surface area contributed by atoms with Crippen LogP contribution in [-0.4, -0.2) is 15.8 Å². The molecule has 0 aliphatic heterocycles. The number of carbonyl (C=O) groups is 1. The molecule has 0 aliphatic carbocycles. The van der Waals surface area contributed by atoms with Crippen LogP contribution in [0.3, 0.4) is 0 Å². The van der Waals surface area contributed by atoms with E-state index in [1.165, 1.54) is 23.5 Å². The lowest BCUT2D eigenvalue weighted by molar-refractivity contribution is 0.0713. The maximum Gasteiger partial charge on any atom is 0.274 e. The Bertz CT molecular complexity index is 1110. The van der Waals surface area contributed by atoms with Gasteiger partial charge in [-0.3, -0.25) is 4.79 Å². The summed E-state index contributed by atoms with van der Waals surface area (Å²) in [5.41, 5.74) is 2.06. The molecule has 2 aromatic carbocycles. The van der Waals surface area contributed by atoms with E-state index < -0.39 is 0 Å². The second-order valence-electron chi connectivity index (χ2n) is 6.65. The summed E-state index contributed by atoms with van der Waals surface area (Å²) in [6.07, 6.45) is 1.57. The molecule has 0 N–H and O–H groups in total. The summed E-state index contributed by atoms with van der Waals surface area (Å²) in [5, 5.41) is 0.816. The lowest BCUT2D eigenvalue weighted by Crippen LogP contribution is -2.30. The monoisotopic (exact) mass is 406 g/mol. The minimum Gasteiger partial charge on any atom is -0.467 e. The van der Waals surface area contributed by atoms with Crippen LogP contribution in [0.4, 0.5) is 4.39 Å². The van der Waals surface area contributed by atoms with Crippen molar-refractivity contribution in [3.8, 4) is 10.4 Å². The maximum absolute atomic E-state index is 13.7. The third-order valence-electron chi connectivity index (χ3n) is 4.45. The molecule has 146 valence electrons. The van der Waals surface area contributed by atoms with Crippen molar-refractivity contribution in [2.24, 2.45) is 0 Å². The van der Waals surface area contributed by atoms with Crippen LogP contribution in [0.1, 0.15) is 26.8 Å². The quantitative estimate of drug-likeness (QED) is 0.413. The van der Waals surface area contributed by atoms with E-state index in [0.717, 1.165) is 15.4 Å².